The van der Waals surface area contributed by atoms with Crippen LogP contribution in [0.15, 0.2) is 12.1 Å². The lowest BCUT2D eigenvalue weighted by atomic mass is 10.1. The molecule has 0 aliphatic carbocycles. The van der Waals surface area contributed by atoms with Gasteiger partial charge >= 0.3 is 11.9 Å². The van der Waals surface area contributed by atoms with Crippen LogP contribution in [-0.2, 0) is 20.8 Å². The Kier molecular flexibility index (Phi) is 8.25. The minimum absolute atomic E-state index is 0.00766. The van der Waals surface area contributed by atoms with E-state index in [1.807, 2.05) is 0 Å². The summed E-state index contributed by atoms with van der Waals surface area (Å²) in [5.41, 5.74) is 0.658. The average molecular weight is 460 g/mol. The first-order valence-electron chi connectivity index (χ1n) is 9.05. The average Bonchev–Trinajstić information content (AvgIpc) is 2.96. The number of esters is 2. The molecular weight excluding hydrogens is 437 g/mol. The molecule has 164 valence electrons. The molecule has 0 aliphatic rings. The van der Waals surface area contributed by atoms with Crippen LogP contribution in [0.5, 0.6) is 17.2 Å². The van der Waals surface area contributed by atoms with Crippen LogP contribution in [0.4, 0.5) is 0 Å². The van der Waals surface area contributed by atoms with Gasteiger partial charge in [0.1, 0.15) is 17.4 Å². The molecule has 0 atom stereocenters. The molecule has 30 heavy (non-hydrogen) atoms. The maximum atomic E-state index is 12.6. The van der Waals surface area contributed by atoms with Crippen molar-refractivity contribution in [1.29, 1.82) is 0 Å². The number of methoxy groups -OCH3 is 3. The fraction of sp³-hybridized carbons (Fsp3) is 0.400. The van der Waals surface area contributed by atoms with E-state index in [-0.39, 0.29) is 41.2 Å². The monoisotopic (exact) mass is 459 g/mol. The zero-order valence-electron chi connectivity index (χ0n) is 17.3. The number of carbonyl (C=O) groups excluding carboxylic acids is 2. The number of rotatable bonds is 9. The third kappa shape index (κ3) is 4.44. The van der Waals surface area contributed by atoms with Gasteiger partial charge in [0.2, 0.25) is 5.75 Å². The van der Waals surface area contributed by atoms with Gasteiger partial charge in [-0.3, -0.25) is 4.79 Å². The Morgan fingerprint density at radius 2 is 1.57 bits per heavy atom. The highest BCUT2D eigenvalue weighted by molar-refractivity contribution is 6.41. The van der Waals surface area contributed by atoms with Gasteiger partial charge in [0.25, 0.3) is 0 Å². The van der Waals surface area contributed by atoms with E-state index in [0.29, 0.717) is 22.8 Å². The molecule has 2 rings (SSSR count). The summed E-state index contributed by atoms with van der Waals surface area (Å²) < 4.78 is 27.6. The highest BCUT2D eigenvalue weighted by Crippen LogP contribution is 2.49. The SMILES string of the molecule is CCOC(=O)Cn1c(Cl)c(-c2ccc(OC)c(OC)c2OC)c(Cl)c1C(=O)OCC. The van der Waals surface area contributed by atoms with Crippen molar-refractivity contribution >= 4 is 35.1 Å². The van der Waals surface area contributed by atoms with E-state index in [2.05, 4.69) is 0 Å². The van der Waals surface area contributed by atoms with Crippen LogP contribution in [-0.4, -0.2) is 51.0 Å². The number of hydrogen-bond acceptors (Lipinski definition) is 7. The number of halogens is 2. The molecule has 0 saturated carbocycles. The van der Waals surface area contributed by atoms with Crippen molar-refractivity contribution in [2.75, 3.05) is 34.5 Å². The summed E-state index contributed by atoms with van der Waals surface area (Å²) in [7, 11) is 4.40. The third-order valence-corrected chi connectivity index (χ3v) is 4.94. The van der Waals surface area contributed by atoms with Crippen molar-refractivity contribution in [3.05, 3.63) is 28.0 Å². The first-order chi connectivity index (χ1) is 14.4. The Labute approximate surface area is 184 Å². The second-order valence-electron chi connectivity index (χ2n) is 5.82. The summed E-state index contributed by atoms with van der Waals surface area (Å²) in [5, 5.41) is 0.0508. The molecule has 0 unspecified atom stereocenters. The number of nitrogens with zero attached hydrogens (tertiary/aromatic N) is 1. The van der Waals surface area contributed by atoms with Gasteiger partial charge in [-0.15, -0.1) is 0 Å². The Bertz CT molecular complexity index is 940. The topological polar surface area (TPSA) is 85.2 Å². The number of carbonyl (C=O) groups is 2. The van der Waals surface area contributed by atoms with E-state index in [4.69, 9.17) is 46.9 Å². The lowest BCUT2D eigenvalue weighted by molar-refractivity contribution is -0.143. The first kappa shape index (κ1) is 23.7. The molecule has 0 aliphatic heterocycles. The van der Waals surface area contributed by atoms with Crippen molar-refractivity contribution in [2.45, 2.75) is 20.4 Å². The van der Waals surface area contributed by atoms with Gasteiger partial charge in [-0.1, -0.05) is 23.2 Å². The number of ether oxygens (including phenoxy) is 5. The predicted octanol–water partition coefficient (Wildman–Crippen LogP) is 4.23. The van der Waals surface area contributed by atoms with Crippen LogP contribution in [0.2, 0.25) is 10.2 Å². The maximum absolute atomic E-state index is 12.6. The molecule has 10 heteroatoms. The lowest BCUT2D eigenvalue weighted by Crippen LogP contribution is -2.19. The second kappa shape index (κ2) is 10.4. The summed E-state index contributed by atoms with van der Waals surface area (Å²) in [6.45, 7) is 3.30. The molecule has 1 heterocycles. The number of benzene rings is 1. The molecular formula is C20H23Cl2NO7. The highest BCUT2D eigenvalue weighted by Gasteiger charge is 2.31. The third-order valence-electron chi connectivity index (χ3n) is 4.18. The Balaban J connectivity index is 2.78. The zero-order valence-corrected chi connectivity index (χ0v) is 18.8. The Morgan fingerprint density at radius 3 is 2.10 bits per heavy atom. The quantitative estimate of drug-likeness (QED) is 0.518. The maximum Gasteiger partial charge on any atom is 0.356 e. The van der Waals surface area contributed by atoms with Crippen molar-refractivity contribution in [1.82, 2.24) is 4.57 Å². The Morgan fingerprint density at radius 1 is 0.933 bits per heavy atom. The van der Waals surface area contributed by atoms with E-state index in [1.54, 1.807) is 26.0 Å². The van der Waals surface area contributed by atoms with Gasteiger partial charge < -0.3 is 28.3 Å². The molecule has 0 radical (unpaired) electrons. The predicted molar refractivity (Wildman–Crippen MR) is 112 cm³/mol. The Hall–Kier alpha value is -2.58. The zero-order chi connectivity index (χ0) is 22.4. The lowest BCUT2D eigenvalue weighted by Gasteiger charge is -2.16. The van der Waals surface area contributed by atoms with Crippen LogP contribution < -0.4 is 14.2 Å². The van der Waals surface area contributed by atoms with Crippen molar-refractivity contribution in [2.24, 2.45) is 0 Å². The fourth-order valence-corrected chi connectivity index (χ4v) is 3.73. The fourth-order valence-electron chi connectivity index (χ4n) is 2.97. The summed E-state index contributed by atoms with van der Waals surface area (Å²) >= 11 is 13.2. The number of hydrogen-bond donors (Lipinski definition) is 0. The van der Waals surface area contributed by atoms with Gasteiger partial charge in [-0.2, -0.15) is 0 Å². The molecule has 0 spiro atoms. The minimum atomic E-state index is -0.723. The molecule has 0 saturated heterocycles. The van der Waals surface area contributed by atoms with E-state index in [1.165, 1.54) is 25.9 Å². The molecule has 0 amide bonds. The summed E-state index contributed by atoms with van der Waals surface area (Å²) in [6.07, 6.45) is 0. The summed E-state index contributed by atoms with van der Waals surface area (Å²) in [4.78, 5) is 24.7. The smallest absolute Gasteiger partial charge is 0.356 e. The van der Waals surface area contributed by atoms with Crippen molar-refractivity contribution < 1.29 is 33.3 Å². The normalized spacial score (nSPS) is 10.5. The largest absolute Gasteiger partial charge is 0.493 e. The van der Waals surface area contributed by atoms with E-state index in [9.17, 15) is 9.59 Å². The van der Waals surface area contributed by atoms with Crippen LogP contribution >= 0.6 is 23.2 Å². The highest BCUT2D eigenvalue weighted by atomic mass is 35.5. The first-order valence-corrected chi connectivity index (χ1v) is 9.81. The van der Waals surface area contributed by atoms with Gasteiger partial charge in [0.05, 0.1) is 39.6 Å². The molecule has 0 N–H and O–H groups in total. The van der Waals surface area contributed by atoms with Crippen LogP contribution in [0.25, 0.3) is 11.1 Å². The molecule has 0 fully saturated rings. The van der Waals surface area contributed by atoms with E-state index in [0.717, 1.165) is 0 Å². The second-order valence-corrected chi connectivity index (χ2v) is 6.56. The summed E-state index contributed by atoms with van der Waals surface area (Å²) in [6, 6.07) is 3.31. The van der Waals surface area contributed by atoms with Crippen LogP contribution in [0, 0.1) is 0 Å². The molecule has 2 aromatic rings. The molecule has 8 nitrogen and oxygen atoms in total. The molecule has 0 bridgehead atoms. The van der Waals surface area contributed by atoms with Gasteiger partial charge in [0.15, 0.2) is 11.5 Å². The van der Waals surface area contributed by atoms with Gasteiger partial charge in [-0.25, -0.2) is 4.79 Å². The minimum Gasteiger partial charge on any atom is -0.493 e. The summed E-state index contributed by atoms with van der Waals surface area (Å²) in [5.74, 6) is -0.256. The van der Waals surface area contributed by atoms with Crippen molar-refractivity contribution in [3.8, 4) is 28.4 Å². The van der Waals surface area contributed by atoms with Gasteiger partial charge in [0, 0.05) is 11.1 Å². The molecule has 1 aromatic carbocycles. The van der Waals surface area contributed by atoms with E-state index < -0.39 is 11.9 Å². The standard InChI is InChI=1S/C20H23Cl2NO7/c1-6-29-13(24)10-23-16(20(25)30-7-2)15(21)14(19(23)22)11-8-9-12(26-3)18(28-5)17(11)27-4/h8-9H,6-7,10H2,1-5H3. The van der Waals surface area contributed by atoms with Crippen LogP contribution in [0.3, 0.4) is 0 Å². The van der Waals surface area contributed by atoms with E-state index >= 15 is 0 Å². The molecule has 1 aromatic heterocycles. The van der Waals surface area contributed by atoms with Crippen LogP contribution in [0.1, 0.15) is 24.3 Å². The van der Waals surface area contributed by atoms with Crippen molar-refractivity contribution in [3.63, 3.8) is 0 Å². The van der Waals surface area contributed by atoms with Gasteiger partial charge in [-0.05, 0) is 26.0 Å². The number of aromatic nitrogens is 1.